The fourth-order valence-corrected chi connectivity index (χ4v) is 2.26. The van der Waals surface area contributed by atoms with E-state index in [0.717, 1.165) is 28.8 Å². The third-order valence-electron chi connectivity index (χ3n) is 2.85. The Hall–Kier alpha value is -0.620. The van der Waals surface area contributed by atoms with Crippen LogP contribution < -0.4 is 5.32 Å². The average molecular weight is 330 g/mol. The van der Waals surface area contributed by atoms with Crippen molar-refractivity contribution in [3.8, 4) is 0 Å². The number of benzene rings is 1. The van der Waals surface area contributed by atoms with Gasteiger partial charge in [-0.15, -0.1) is 0 Å². The molecule has 0 unspecified atom stereocenters. The van der Waals surface area contributed by atoms with Gasteiger partial charge in [0.15, 0.2) is 0 Å². The highest BCUT2D eigenvalue weighted by Crippen LogP contribution is 2.12. The molecule has 2 rings (SSSR count). The number of nitrogens with one attached hydrogen (secondary N) is 1. The lowest BCUT2D eigenvalue weighted by Crippen LogP contribution is -2.52. The molecule has 0 radical (unpaired) electrons. The fourth-order valence-electron chi connectivity index (χ4n) is 1.90. The molecule has 4 heteroatoms. The maximum absolute atomic E-state index is 12.2. The minimum absolute atomic E-state index is 0.144. The van der Waals surface area contributed by atoms with Crippen LogP contribution in [0, 0.1) is 3.57 Å². The number of carbonyl (C=O) groups excluding carboxylic acids is 1. The zero-order valence-corrected chi connectivity index (χ0v) is 11.4. The van der Waals surface area contributed by atoms with E-state index in [1.165, 1.54) is 0 Å². The predicted octanol–water partition coefficient (Wildman–Crippen LogP) is 1.73. The first-order chi connectivity index (χ1) is 7.68. The Morgan fingerprint density at radius 3 is 2.75 bits per heavy atom. The van der Waals surface area contributed by atoms with Gasteiger partial charge in [-0.05, 0) is 53.8 Å². The minimum Gasteiger partial charge on any atom is -0.333 e. The van der Waals surface area contributed by atoms with Gasteiger partial charge in [0.05, 0.1) is 0 Å². The highest BCUT2D eigenvalue weighted by Gasteiger charge is 2.23. The number of halogens is 1. The summed E-state index contributed by atoms with van der Waals surface area (Å²) in [7, 11) is 0. The second-order valence-electron chi connectivity index (χ2n) is 4.06. The summed E-state index contributed by atoms with van der Waals surface area (Å²) in [5.74, 6) is 0.144. The molecule has 0 spiro atoms. The summed E-state index contributed by atoms with van der Waals surface area (Å²) < 4.78 is 1.16. The van der Waals surface area contributed by atoms with Crippen molar-refractivity contribution in [1.29, 1.82) is 0 Å². The third kappa shape index (κ3) is 2.55. The molecule has 1 fully saturated rings. The largest absolute Gasteiger partial charge is 0.333 e. The topological polar surface area (TPSA) is 32.3 Å². The molecule has 1 N–H and O–H groups in total. The Bertz CT molecular complexity index is 377. The minimum atomic E-state index is 0.144. The molecule has 1 saturated heterocycles. The maximum atomic E-state index is 12.2. The Labute approximate surface area is 109 Å². The zero-order chi connectivity index (χ0) is 11.5. The van der Waals surface area contributed by atoms with Crippen LogP contribution in [-0.4, -0.2) is 36.5 Å². The maximum Gasteiger partial charge on any atom is 0.254 e. The smallest absolute Gasteiger partial charge is 0.254 e. The highest BCUT2D eigenvalue weighted by atomic mass is 127. The first kappa shape index (κ1) is 11.9. The molecular formula is C12H15IN2O. The van der Waals surface area contributed by atoms with Crippen LogP contribution in [0.15, 0.2) is 24.3 Å². The van der Waals surface area contributed by atoms with E-state index in [4.69, 9.17) is 0 Å². The van der Waals surface area contributed by atoms with E-state index in [-0.39, 0.29) is 11.9 Å². The number of nitrogens with zero attached hydrogens (tertiary/aromatic N) is 1. The van der Waals surface area contributed by atoms with Crippen molar-refractivity contribution in [2.24, 2.45) is 0 Å². The Kier molecular flexibility index (Phi) is 3.81. The lowest BCUT2D eigenvalue weighted by molar-refractivity contribution is 0.0656. The van der Waals surface area contributed by atoms with E-state index < -0.39 is 0 Å². The SMILES string of the molecule is C[C@H]1CNCCN1C(=O)c1ccc(I)cc1. The van der Waals surface area contributed by atoms with Crippen molar-refractivity contribution in [3.05, 3.63) is 33.4 Å². The molecule has 16 heavy (non-hydrogen) atoms. The summed E-state index contributed by atoms with van der Waals surface area (Å²) in [4.78, 5) is 14.2. The fraction of sp³-hybridized carbons (Fsp3) is 0.417. The Morgan fingerprint density at radius 2 is 2.12 bits per heavy atom. The lowest BCUT2D eigenvalue weighted by atomic mass is 10.1. The number of amides is 1. The van der Waals surface area contributed by atoms with Crippen LogP contribution in [0.5, 0.6) is 0 Å². The molecule has 0 saturated carbocycles. The van der Waals surface area contributed by atoms with E-state index in [1.54, 1.807) is 0 Å². The molecule has 1 aromatic carbocycles. The molecule has 0 bridgehead atoms. The molecule has 1 heterocycles. The van der Waals surface area contributed by atoms with Crippen molar-refractivity contribution in [1.82, 2.24) is 10.2 Å². The summed E-state index contributed by atoms with van der Waals surface area (Å²) in [5, 5.41) is 3.28. The lowest BCUT2D eigenvalue weighted by Gasteiger charge is -2.34. The molecule has 0 aromatic heterocycles. The third-order valence-corrected chi connectivity index (χ3v) is 3.57. The van der Waals surface area contributed by atoms with Gasteiger partial charge in [-0.25, -0.2) is 0 Å². The van der Waals surface area contributed by atoms with Gasteiger partial charge in [0.1, 0.15) is 0 Å². The van der Waals surface area contributed by atoms with Gasteiger partial charge >= 0.3 is 0 Å². The van der Waals surface area contributed by atoms with Crippen LogP contribution in [0.1, 0.15) is 17.3 Å². The second-order valence-corrected chi connectivity index (χ2v) is 5.30. The van der Waals surface area contributed by atoms with Gasteiger partial charge in [-0.3, -0.25) is 4.79 Å². The average Bonchev–Trinajstić information content (AvgIpc) is 2.30. The molecule has 0 aliphatic carbocycles. The van der Waals surface area contributed by atoms with Gasteiger partial charge in [-0.2, -0.15) is 0 Å². The number of carbonyl (C=O) groups is 1. The molecule has 1 atom stereocenters. The molecule has 1 amide bonds. The van der Waals surface area contributed by atoms with Gasteiger partial charge in [0.2, 0.25) is 0 Å². The van der Waals surface area contributed by atoms with E-state index in [0.29, 0.717) is 0 Å². The predicted molar refractivity (Wildman–Crippen MR) is 72.5 cm³/mol. The molecule has 1 aliphatic rings. The van der Waals surface area contributed by atoms with Crippen molar-refractivity contribution in [2.75, 3.05) is 19.6 Å². The summed E-state index contributed by atoms with van der Waals surface area (Å²) in [6.07, 6.45) is 0. The van der Waals surface area contributed by atoms with Crippen molar-refractivity contribution >= 4 is 28.5 Å². The molecular weight excluding hydrogens is 315 g/mol. The summed E-state index contributed by atoms with van der Waals surface area (Å²) in [5.41, 5.74) is 0.786. The van der Waals surface area contributed by atoms with Crippen molar-refractivity contribution in [2.45, 2.75) is 13.0 Å². The standard InChI is InChI=1S/C12H15IN2O/c1-9-8-14-6-7-15(9)12(16)10-2-4-11(13)5-3-10/h2-5,9,14H,6-8H2,1H3/t9-/m0/s1. The highest BCUT2D eigenvalue weighted by molar-refractivity contribution is 14.1. The summed E-state index contributed by atoms with van der Waals surface area (Å²) in [6.45, 7) is 4.65. The number of hydrogen-bond acceptors (Lipinski definition) is 2. The second kappa shape index (κ2) is 5.14. The Balaban J connectivity index is 2.14. The van der Waals surface area contributed by atoms with Crippen LogP contribution in [0.2, 0.25) is 0 Å². The van der Waals surface area contributed by atoms with Crippen LogP contribution in [0.3, 0.4) is 0 Å². The first-order valence-electron chi connectivity index (χ1n) is 5.46. The molecule has 3 nitrogen and oxygen atoms in total. The van der Waals surface area contributed by atoms with E-state index >= 15 is 0 Å². The monoisotopic (exact) mass is 330 g/mol. The van der Waals surface area contributed by atoms with Crippen molar-refractivity contribution in [3.63, 3.8) is 0 Å². The van der Waals surface area contributed by atoms with Gasteiger partial charge in [0.25, 0.3) is 5.91 Å². The summed E-state index contributed by atoms with van der Waals surface area (Å²) >= 11 is 2.24. The van der Waals surface area contributed by atoms with Crippen LogP contribution in [-0.2, 0) is 0 Å². The van der Waals surface area contributed by atoms with E-state index in [2.05, 4.69) is 34.8 Å². The quantitative estimate of drug-likeness (QED) is 0.796. The van der Waals surface area contributed by atoms with Gasteiger partial charge < -0.3 is 10.2 Å². The molecule has 86 valence electrons. The Morgan fingerprint density at radius 1 is 1.44 bits per heavy atom. The molecule has 1 aliphatic heterocycles. The number of piperazine rings is 1. The van der Waals surface area contributed by atoms with Crippen LogP contribution in [0.4, 0.5) is 0 Å². The zero-order valence-electron chi connectivity index (χ0n) is 9.24. The van der Waals surface area contributed by atoms with Crippen LogP contribution in [0.25, 0.3) is 0 Å². The van der Waals surface area contributed by atoms with E-state index in [1.807, 2.05) is 29.2 Å². The van der Waals surface area contributed by atoms with Gasteiger partial charge in [-0.1, -0.05) is 0 Å². The van der Waals surface area contributed by atoms with E-state index in [9.17, 15) is 4.79 Å². The molecule has 1 aromatic rings. The summed E-state index contributed by atoms with van der Waals surface area (Å²) in [6, 6.07) is 8.03. The van der Waals surface area contributed by atoms with Crippen LogP contribution >= 0.6 is 22.6 Å². The van der Waals surface area contributed by atoms with Crippen molar-refractivity contribution < 1.29 is 4.79 Å². The van der Waals surface area contributed by atoms with Gasteiger partial charge in [0, 0.05) is 34.8 Å². The number of hydrogen-bond donors (Lipinski definition) is 1. The number of rotatable bonds is 1. The normalized spacial score (nSPS) is 20.9. The first-order valence-corrected chi connectivity index (χ1v) is 6.53.